The van der Waals surface area contributed by atoms with E-state index in [0.717, 1.165) is 22.5 Å². The van der Waals surface area contributed by atoms with Gasteiger partial charge in [-0.25, -0.2) is 4.98 Å². The van der Waals surface area contributed by atoms with Crippen LogP contribution < -0.4 is 5.32 Å². The average Bonchev–Trinajstić information content (AvgIpc) is 2.92. The molecule has 0 aliphatic rings. The van der Waals surface area contributed by atoms with Gasteiger partial charge in [0.15, 0.2) is 0 Å². The number of amides is 1. The second-order valence-corrected chi connectivity index (χ2v) is 6.16. The fourth-order valence-corrected chi connectivity index (χ4v) is 2.81. The summed E-state index contributed by atoms with van der Waals surface area (Å²) in [6, 6.07) is 17.1. The predicted octanol–water partition coefficient (Wildman–Crippen LogP) is 3.30. The van der Waals surface area contributed by atoms with E-state index < -0.39 is 0 Å². The van der Waals surface area contributed by atoms with Gasteiger partial charge in [-0.1, -0.05) is 30.3 Å². The molecular formula is C19H22N4O. The number of para-hydroxylation sites is 3. The fourth-order valence-electron chi connectivity index (χ4n) is 2.81. The first-order chi connectivity index (χ1) is 11.6. The molecule has 1 atom stereocenters. The highest BCUT2D eigenvalue weighted by Crippen LogP contribution is 2.23. The van der Waals surface area contributed by atoms with E-state index in [9.17, 15) is 4.79 Å². The highest BCUT2D eigenvalue weighted by Gasteiger charge is 2.21. The molecule has 0 radical (unpaired) electrons. The zero-order chi connectivity index (χ0) is 17.1. The molecule has 1 heterocycles. The van der Waals surface area contributed by atoms with Crippen molar-refractivity contribution in [1.82, 2.24) is 14.5 Å². The van der Waals surface area contributed by atoms with Crippen molar-refractivity contribution < 1.29 is 4.79 Å². The Labute approximate surface area is 141 Å². The minimum Gasteiger partial charge on any atom is -0.324 e. The number of carbonyl (C=O) groups excluding carboxylic acids is 1. The third kappa shape index (κ3) is 3.31. The van der Waals surface area contributed by atoms with E-state index in [0.29, 0.717) is 6.54 Å². The first-order valence-corrected chi connectivity index (χ1v) is 8.03. The molecule has 0 spiro atoms. The maximum absolute atomic E-state index is 12.7. The molecular weight excluding hydrogens is 300 g/mol. The molecule has 0 aliphatic carbocycles. The first-order valence-electron chi connectivity index (χ1n) is 8.03. The molecule has 0 saturated heterocycles. The number of imidazole rings is 1. The number of nitrogens with zero attached hydrogens (tertiary/aromatic N) is 3. The fraction of sp³-hybridized carbons (Fsp3) is 0.263. The van der Waals surface area contributed by atoms with Gasteiger partial charge in [-0.15, -0.1) is 0 Å². The van der Waals surface area contributed by atoms with Crippen molar-refractivity contribution in [3.63, 3.8) is 0 Å². The van der Waals surface area contributed by atoms with Gasteiger partial charge in [0.05, 0.1) is 17.6 Å². The lowest BCUT2D eigenvalue weighted by molar-refractivity contribution is -0.118. The van der Waals surface area contributed by atoms with Crippen molar-refractivity contribution in [2.24, 2.45) is 0 Å². The zero-order valence-electron chi connectivity index (χ0n) is 14.2. The summed E-state index contributed by atoms with van der Waals surface area (Å²) in [5, 5.41) is 2.97. The third-order valence-electron chi connectivity index (χ3n) is 3.93. The number of benzene rings is 2. The Morgan fingerprint density at radius 3 is 2.50 bits per heavy atom. The van der Waals surface area contributed by atoms with Crippen LogP contribution in [0.3, 0.4) is 0 Å². The molecule has 3 aromatic rings. The van der Waals surface area contributed by atoms with Gasteiger partial charge >= 0.3 is 0 Å². The lowest BCUT2D eigenvalue weighted by Crippen LogP contribution is -2.26. The molecule has 1 unspecified atom stereocenters. The van der Waals surface area contributed by atoms with Crippen LogP contribution in [-0.2, 0) is 11.3 Å². The van der Waals surface area contributed by atoms with Crippen LogP contribution in [0, 0.1) is 0 Å². The summed E-state index contributed by atoms with van der Waals surface area (Å²) in [4.78, 5) is 19.5. The Balaban J connectivity index is 1.95. The van der Waals surface area contributed by atoms with Crippen molar-refractivity contribution in [2.45, 2.75) is 19.5 Å². The minimum atomic E-state index is -0.354. The van der Waals surface area contributed by atoms with Crippen LogP contribution in [0.1, 0.15) is 18.8 Å². The quantitative estimate of drug-likeness (QED) is 0.784. The van der Waals surface area contributed by atoms with E-state index in [4.69, 9.17) is 4.98 Å². The summed E-state index contributed by atoms with van der Waals surface area (Å²) in [5.74, 6) is 0.835. The monoisotopic (exact) mass is 322 g/mol. The molecule has 3 rings (SSSR count). The Morgan fingerprint density at radius 1 is 1.12 bits per heavy atom. The van der Waals surface area contributed by atoms with Crippen molar-refractivity contribution in [1.29, 1.82) is 0 Å². The molecule has 1 aromatic heterocycles. The summed E-state index contributed by atoms with van der Waals surface area (Å²) >= 11 is 0. The third-order valence-corrected chi connectivity index (χ3v) is 3.93. The van der Waals surface area contributed by atoms with Crippen LogP contribution >= 0.6 is 0 Å². The van der Waals surface area contributed by atoms with Gasteiger partial charge in [0.1, 0.15) is 11.9 Å². The maximum Gasteiger partial charge on any atom is 0.247 e. The second kappa shape index (κ2) is 6.84. The largest absolute Gasteiger partial charge is 0.324 e. The molecule has 5 heteroatoms. The minimum absolute atomic E-state index is 0.0515. The van der Waals surface area contributed by atoms with Crippen LogP contribution in [0.25, 0.3) is 11.0 Å². The van der Waals surface area contributed by atoms with Crippen molar-refractivity contribution >= 4 is 22.6 Å². The van der Waals surface area contributed by atoms with E-state index in [1.807, 2.05) is 80.2 Å². The maximum atomic E-state index is 12.7. The van der Waals surface area contributed by atoms with E-state index in [1.54, 1.807) is 0 Å². The van der Waals surface area contributed by atoms with Crippen molar-refractivity contribution in [3.8, 4) is 0 Å². The zero-order valence-corrected chi connectivity index (χ0v) is 14.2. The summed E-state index contributed by atoms with van der Waals surface area (Å²) in [7, 11) is 4.00. The van der Waals surface area contributed by atoms with E-state index in [2.05, 4.69) is 10.2 Å². The average molecular weight is 322 g/mol. The molecule has 1 N–H and O–H groups in total. The lowest BCUT2D eigenvalue weighted by atomic mass is 10.2. The highest BCUT2D eigenvalue weighted by molar-refractivity contribution is 5.94. The van der Waals surface area contributed by atoms with Crippen molar-refractivity contribution in [2.75, 3.05) is 19.4 Å². The Kier molecular flexibility index (Phi) is 4.62. The first kappa shape index (κ1) is 16.2. The number of rotatable bonds is 5. The Morgan fingerprint density at radius 2 is 1.79 bits per heavy atom. The molecule has 5 nitrogen and oxygen atoms in total. The topological polar surface area (TPSA) is 50.2 Å². The van der Waals surface area contributed by atoms with Crippen molar-refractivity contribution in [3.05, 3.63) is 60.4 Å². The van der Waals surface area contributed by atoms with Crippen LogP contribution in [-0.4, -0.2) is 34.5 Å². The number of hydrogen-bond acceptors (Lipinski definition) is 3. The highest BCUT2D eigenvalue weighted by atomic mass is 16.2. The molecule has 0 aliphatic heterocycles. The SMILES string of the molecule is CC(C(=O)Nc1ccccc1)n1c(CN(C)C)nc2ccccc21. The number of carbonyl (C=O) groups is 1. The lowest BCUT2D eigenvalue weighted by Gasteiger charge is -2.19. The molecule has 24 heavy (non-hydrogen) atoms. The van der Waals surface area contributed by atoms with E-state index in [-0.39, 0.29) is 11.9 Å². The smallest absolute Gasteiger partial charge is 0.247 e. The van der Waals surface area contributed by atoms with E-state index >= 15 is 0 Å². The van der Waals surface area contributed by atoms with Crippen LogP contribution in [0.2, 0.25) is 0 Å². The summed E-state index contributed by atoms with van der Waals surface area (Å²) in [6.07, 6.45) is 0. The number of aromatic nitrogens is 2. The molecule has 0 saturated carbocycles. The number of anilines is 1. The predicted molar refractivity (Wildman–Crippen MR) is 96.9 cm³/mol. The van der Waals surface area contributed by atoms with Crippen LogP contribution in [0.15, 0.2) is 54.6 Å². The van der Waals surface area contributed by atoms with Gasteiger partial charge in [0.25, 0.3) is 0 Å². The van der Waals surface area contributed by atoms with Gasteiger partial charge < -0.3 is 14.8 Å². The number of hydrogen-bond donors (Lipinski definition) is 1. The van der Waals surface area contributed by atoms with E-state index in [1.165, 1.54) is 0 Å². The van der Waals surface area contributed by atoms with Crippen LogP contribution in [0.5, 0.6) is 0 Å². The second-order valence-electron chi connectivity index (χ2n) is 6.16. The standard InChI is InChI=1S/C19H22N4O/c1-14(19(24)20-15-9-5-4-6-10-15)23-17-12-8-7-11-16(17)21-18(23)13-22(2)3/h4-12,14H,13H2,1-3H3,(H,20,24). The van der Waals surface area contributed by atoms with Gasteiger partial charge in [0, 0.05) is 5.69 Å². The summed E-state index contributed by atoms with van der Waals surface area (Å²) in [6.45, 7) is 2.59. The normalized spacial score (nSPS) is 12.5. The molecule has 124 valence electrons. The summed E-state index contributed by atoms with van der Waals surface area (Å²) < 4.78 is 2.02. The van der Waals surface area contributed by atoms with Gasteiger partial charge in [-0.05, 0) is 45.3 Å². The number of nitrogens with one attached hydrogen (secondary N) is 1. The molecule has 0 fully saturated rings. The van der Waals surface area contributed by atoms with Crippen LogP contribution in [0.4, 0.5) is 5.69 Å². The summed E-state index contributed by atoms with van der Waals surface area (Å²) in [5.41, 5.74) is 2.69. The Hall–Kier alpha value is -2.66. The molecule has 1 amide bonds. The Bertz CT molecular complexity index is 839. The van der Waals surface area contributed by atoms with Gasteiger partial charge in [-0.2, -0.15) is 0 Å². The molecule has 0 bridgehead atoms. The molecule has 2 aromatic carbocycles. The number of fused-ring (bicyclic) bond motifs is 1. The van der Waals surface area contributed by atoms with Gasteiger partial charge in [-0.3, -0.25) is 4.79 Å². The van der Waals surface area contributed by atoms with Gasteiger partial charge in [0.2, 0.25) is 5.91 Å².